The van der Waals surface area contributed by atoms with Gasteiger partial charge in [-0.3, -0.25) is 14.6 Å². The van der Waals surface area contributed by atoms with Crippen molar-refractivity contribution in [2.75, 3.05) is 20.2 Å². The Balaban J connectivity index is 1.69. The number of methoxy groups -OCH3 is 1. The third kappa shape index (κ3) is 6.43. The van der Waals surface area contributed by atoms with E-state index in [0.29, 0.717) is 43.7 Å². The Hall–Kier alpha value is -3.16. The molecular formula is C25H32N2O6. The minimum Gasteiger partial charge on any atom is -0.497 e. The first-order chi connectivity index (χ1) is 15.6. The van der Waals surface area contributed by atoms with Crippen LogP contribution < -0.4 is 4.74 Å². The number of aliphatic carboxylic acids is 1. The molecule has 33 heavy (non-hydrogen) atoms. The second kappa shape index (κ2) is 10.2. The number of hydrogen-bond donors (Lipinski definition) is 1. The number of hydrogen-bond acceptors (Lipinski definition) is 6. The van der Waals surface area contributed by atoms with Crippen molar-refractivity contribution in [3.8, 4) is 5.75 Å². The van der Waals surface area contributed by atoms with Crippen LogP contribution in [0.4, 0.5) is 4.79 Å². The Morgan fingerprint density at radius 2 is 1.94 bits per heavy atom. The molecule has 1 fully saturated rings. The number of carboxylic acids is 1. The molecule has 0 spiro atoms. The third-order valence-corrected chi connectivity index (χ3v) is 5.97. The Labute approximate surface area is 193 Å². The molecule has 3 rings (SSSR count). The number of ether oxygens (including phenoxy) is 2. The highest BCUT2D eigenvalue weighted by molar-refractivity contribution is 6.07. The van der Waals surface area contributed by atoms with Gasteiger partial charge in [-0.2, -0.15) is 0 Å². The number of piperidine rings is 1. The molecule has 1 aromatic carbocycles. The third-order valence-electron chi connectivity index (χ3n) is 5.97. The van der Waals surface area contributed by atoms with Gasteiger partial charge >= 0.3 is 12.1 Å². The molecule has 8 heteroatoms. The number of Topliss-reactive ketones (excluding diaryl/α,β-unsaturated/α-hetero) is 1. The fraction of sp³-hybridized carbons (Fsp3) is 0.520. The quantitative estimate of drug-likeness (QED) is 0.609. The van der Waals surface area contributed by atoms with Crippen LogP contribution in [0.2, 0.25) is 0 Å². The predicted octanol–water partition coefficient (Wildman–Crippen LogP) is 4.55. The molecule has 2 aromatic rings. The minimum atomic E-state index is -0.908. The summed E-state index contributed by atoms with van der Waals surface area (Å²) < 4.78 is 10.7. The zero-order valence-electron chi connectivity index (χ0n) is 19.7. The van der Waals surface area contributed by atoms with E-state index >= 15 is 0 Å². The fourth-order valence-electron chi connectivity index (χ4n) is 4.36. The van der Waals surface area contributed by atoms with Gasteiger partial charge in [-0.25, -0.2) is 4.79 Å². The van der Waals surface area contributed by atoms with E-state index in [2.05, 4.69) is 4.98 Å². The number of amides is 1. The van der Waals surface area contributed by atoms with E-state index in [1.165, 1.54) is 0 Å². The Morgan fingerprint density at radius 3 is 2.61 bits per heavy atom. The van der Waals surface area contributed by atoms with Gasteiger partial charge in [0.05, 0.1) is 19.0 Å². The van der Waals surface area contributed by atoms with E-state index < -0.39 is 17.7 Å². The van der Waals surface area contributed by atoms with Crippen LogP contribution in [-0.4, -0.2) is 58.6 Å². The summed E-state index contributed by atoms with van der Waals surface area (Å²) >= 11 is 0. The van der Waals surface area contributed by atoms with Crippen LogP contribution in [0.15, 0.2) is 30.5 Å². The first-order valence-electron chi connectivity index (χ1n) is 11.2. The number of likely N-dealkylation sites (tertiary alicyclic amines) is 1. The van der Waals surface area contributed by atoms with Gasteiger partial charge in [-0.05, 0) is 69.7 Å². The summed E-state index contributed by atoms with van der Waals surface area (Å²) in [6.07, 6.45) is 2.64. The molecule has 1 amide bonds. The maximum Gasteiger partial charge on any atom is 0.410 e. The average molecular weight is 457 g/mol. The molecule has 0 aliphatic carbocycles. The lowest BCUT2D eigenvalue weighted by Gasteiger charge is -2.38. The summed E-state index contributed by atoms with van der Waals surface area (Å²) in [4.78, 5) is 42.9. The largest absolute Gasteiger partial charge is 0.497 e. The summed E-state index contributed by atoms with van der Waals surface area (Å²) in [5.74, 6) is -0.466. The van der Waals surface area contributed by atoms with Gasteiger partial charge in [-0.15, -0.1) is 0 Å². The van der Waals surface area contributed by atoms with Crippen LogP contribution in [0.25, 0.3) is 10.9 Å². The normalized spacial score (nSPS) is 18.7. The summed E-state index contributed by atoms with van der Waals surface area (Å²) in [6, 6.07) is 7.14. The first kappa shape index (κ1) is 24.5. The van der Waals surface area contributed by atoms with Gasteiger partial charge in [0.15, 0.2) is 5.78 Å². The molecule has 1 aliphatic heterocycles. The molecule has 2 atom stereocenters. The molecule has 0 saturated carbocycles. The Bertz CT molecular complexity index is 1030. The lowest BCUT2D eigenvalue weighted by Crippen LogP contribution is -2.46. The van der Waals surface area contributed by atoms with Gasteiger partial charge in [0.1, 0.15) is 11.4 Å². The van der Waals surface area contributed by atoms with Crippen molar-refractivity contribution in [1.82, 2.24) is 9.88 Å². The fourth-order valence-corrected chi connectivity index (χ4v) is 4.36. The molecule has 0 unspecified atom stereocenters. The molecule has 2 heterocycles. The summed E-state index contributed by atoms with van der Waals surface area (Å²) in [7, 11) is 1.57. The number of carbonyl (C=O) groups excluding carboxylic acids is 2. The molecule has 1 N–H and O–H groups in total. The van der Waals surface area contributed by atoms with E-state index in [4.69, 9.17) is 9.47 Å². The highest BCUT2D eigenvalue weighted by Gasteiger charge is 2.34. The number of fused-ring (bicyclic) bond motifs is 1. The monoisotopic (exact) mass is 456 g/mol. The molecule has 0 bridgehead atoms. The smallest absolute Gasteiger partial charge is 0.410 e. The number of carbonyl (C=O) groups is 3. The van der Waals surface area contributed by atoms with Crippen molar-refractivity contribution in [1.29, 1.82) is 0 Å². The molecular weight excluding hydrogens is 424 g/mol. The van der Waals surface area contributed by atoms with E-state index in [-0.39, 0.29) is 24.0 Å². The van der Waals surface area contributed by atoms with Crippen molar-refractivity contribution in [3.63, 3.8) is 0 Å². The average Bonchev–Trinajstić information content (AvgIpc) is 2.75. The number of pyridine rings is 1. The standard InChI is InChI=1S/C25H32N2O6/c1-25(2,3)33-24(31)27-12-10-16(17(15-27)13-23(29)30)5-8-22(28)19-9-11-26-21-7-6-18(32-4)14-20(19)21/h6-7,9,11,14,16-17H,5,8,10,12-13,15H2,1-4H3,(H,29,30)/t16-,17+/m1/s1. The molecule has 1 aromatic heterocycles. The van der Waals surface area contributed by atoms with Crippen molar-refractivity contribution in [2.45, 2.75) is 52.1 Å². The Morgan fingerprint density at radius 1 is 1.18 bits per heavy atom. The maximum atomic E-state index is 13.1. The zero-order chi connectivity index (χ0) is 24.2. The van der Waals surface area contributed by atoms with E-state index in [0.717, 1.165) is 10.9 Å². The highest BCUT2D eigenvalue weighted by Crippen LogP contribution is 2.32. The van der Waals surface area contributed by atoms with Crippen molar-refractivity contribution < 1.29 is 29.0 Å². The van der Waals surface area contributed by atoms with Crippen LogP contribution in [-0.2, 0) is 9.53 Å². The second-order valence-corrected chi connectivity index (χ2v) is 9.54. The highest BCUT2D eigenvalue weighted by atomic mass is 16.6. The number of ketones is 1. The summed E-state index contributed by atoms with van der Waals surface area (Å²) in [6.45, 7) is 6.21. The van der Waals surface area contributed by atoms with Gasteiger partial charge in [0.2, 0.25) is 0 Å². The first-order valence-corrected chi connectivity index (χ1v) is 11.2. The number of aromatic nitrogens is 1. The van der Waals surface area contributed by atoms with Gasteiger partial charge in [-0.1, -0.05) is 0 Å². The van der Waals surface area contributed by atoms with E-state index in [1.807, 2.05) is 12.1 Å². The number of benzene rings is 1. The van der Waals surface area contributed by atoms with E-state index in [1.54, 1.807) is 51.1 Å². The van der Waals surface area contributed by atoms with Crippen molar-refractivity contribution in [3.05, 3.63) is 36.0 Å². The molecule has 8 nitrogen and oxygen atoms in total. The lowest BCUT2D eigenvalue weighted by atomic mass is 9.80. The van der Waals surface area contributed by atoms with Gasteiger partial charge < -0.3 is 19.5 Å². The minimum absolute atomic E-state index is 0.0145. The molecule has 0 radical (unpaired) electrons. The number of nitrogens with zero attached hydrogens (tertiary/aromatic N) is 2. The van der Waals surface area contributed by atoms with Crippen LogP contribution in [0.1, 0.15) is 56.8 Å². The lowest BCUT2D eigenvalue weighted by molar-refractivity contribution is -0.139. The Kier molecular flexibility index (Phi) is 7.56. The SMILES string of the molecule is COc1ccc2nccc(C(=O)CC[C@@H]3CCN(C(=O)OC(C)(C)C)C[C@@H]3CC(=O)O)c2c1. The second-order valence-electron chi connectivity index (χ2n) is 9.54. The number of rotatable bonds is 7. The van der Waals surface area contributed by atoms with Crippen molar-refractivity contribution >= 4 is 28.7 Å². The van der Waals surface area contributed by atoms with Crippen LogP contribution in [0.5, 0.6) is 5.75 Å². The molecule has 1 saturated heterocycles. The maximum absolute atomic E-state index is 13.1. The predicted molar refractivity (Wildman–Crippen MR) is 124 cm³/mol. The van der Waals surface area contributed by atoms with Gasteiger partial charge in [0.25, 0.3) is 0 Å². The summed E-state index contributed by atoms with van der Waals surface area (Å²) in [5.41, 5.74) is 0.689. The van der Waals surface area contributed by atoms with E-state index in [9.17, 15) is 19.5 Å². The molecule has 1 aliphatic rings. The topological polar surface area (TPSA) is 106 Å². The summed E-state index contributed by atoms with van der Waals surface area (Å²) in [5, 5.41) is 10.1. The molecule has 178 valence electrons. The van der Waals surface area contributed by atoms with Crippen LogP contribution in [0.3, 0.4) is 0 Å². The zero-order valence-corrected chi connectivity index (χ0v) is 19.7. The van der Waals surface area contributed by atoms with Crippen LogP contribution in [0, 0.1) is 11.8 Å². The van der Waals surface area contributed by atoms with Crippen molar-refractivity contribution in [2.24, 2.45) is 11.8 Å². The number of carboxylic acid groups (broad SMARTS) is 1. The van der Waals surface area contributed by atoms with Crippen LogP contribution >= 0.6 is 0 Å². The van der Waals surface area contributed by atoms with Gasteiger partial charge in [0, 0.05) is 36.7 Å².